The number of imide groups is 1. The lowest BCUT2D eigenvalue weighted by Crippen LogP contribution is -2.44. The number of hydrogen-bond acceptors (Lipinski definition) is 6. The van der Waals surface area contributed by atoms with Gasteiger partial charge in [0.05, 0.1) is 12.2 Å². The predicted octanol–water partition coefficient (Wildman–Crippen LogP) is -1.22. The molecule has 0 aromatic rings. The van der Waals surface area contributed by atoms with Gasteiger partial charge in [-0.05, 0) is 19.8 Å². The molecular formula is C11H19N3O6S. The van der Waals surface area contributed by atoms with E-state index in [0.29, 0.717) is 12.8 Å². The third-order valence-electron chi connectivity index (χ3n) is 3.16. The van der Waals surface area contributed by atoms with Gasteiger partial charge in [0.1, 0.15) is 0 Å². The average molecular weight is 321 g/mol. The molecule has 1 aliphatic heterocycles. The van der Waals surface area contributed by atoms with Gasteiger partial charge in [-0.2, -0.15) is 0 Å². The van der Waals surface area contributed by atoms with Crippen LogP contribution in [-0.2, 0) is 24.3 Å². The van der Waals surface area contributed by atoms with Gasteiger partial charge in [0.15, 0.2) is 6.10 Å². The highest BCUT2D eigenvalue weighted by Crippen LogP contribution is 2.20. The van der Waals surface area contributed by atoms with Crippen LogP contribution in [0.2, 0.25) is 0 Å². The number of esters is 1. The van der Waals surface area contributed by atoms with Crippen LogP contribution in [0.25, 0.3) is 0 Å². The van der Waals surface area contributed by atoms with Gasteiger partial charge in [-0.25, -0.2) is 17.5 Å². The standard InChI is InChI=1S/C11H19N3O6S/c1-7(9(15)13-11(12)17)20-10(16)8-3-5-14(6-4-8)21(2,18)19/h7-8H,3-6H2,1-2H3,(H3,12,13,15,17). The minimum absolute atomic E-state index is 0.237. The molecule has 0 bridgehead atoms. The van der Waals surface area contributed by atoms with Gasteiger partial charge in [0.2, 0.25) is 10.0 Å². The minimum Gasteiger partial charge on any atom is -0.452 e. The number of hydrogen-bond donors (Lipinski definition) is 2. The zero-order valence-corrected chi connectivity index (χ0v) is 12.7. The van der Waals surface area contributed by atoms with Crippen molar-refractivity contribution in [2.24, 2.45) is 11.7 Å². The molecule has 1 unspecified atom stereocenters. The van der Waals surface area contributed by atoms with E-state index in [0.717, 1.165) is 6.26 Å². The molecule has 10 heteroatoms. The van der Waals surface area contributed by atoms with Crippen LogP contribution in [-0.4, -0.2) is 56.1 Å². The number of sulfonamides is 1. The fourth-order valence-electron chi connectivity index (χ4n) is 1.97. The first-order valence-corrected chi connectivity index (χ1v) is 8.22. The number of ether oxygens (including phenoxy) is 1. The minimum atomic E-state index is -3.26. The van der Waals surface area contributed by atoms with Crippen molar-refractivity contribution in [1.29, 1.82) is 0 Å². The summed E-state index contributed by atoms with van der Waals surface area (Å²) < 4.78 is 28.9. The number of nitrogens with one attached hydrogen (secondary N) is 1. The summed E-state index contributed by atoms with van der Waals surface area (Å²) >= 11 is 0. The summed E-state index contributed by atoms with van der Waals surface area (Å²) in [6, 6.07) is -1.02. The van der Waals surface area contributed by atoms with Gasteiger partial charge in [-0.1, -0.05) is 0 Å². The molecule has 1 fully saturated rings. The Kier molecular flexibility index (Phi) is 5.67. The Morgan fingerprint density at radius 3 is 2.24 bits per heavy atom. The lowest BCUT2D eigenvalue weighted by atomic mass is 9.98. The predicted molar refractivity (Wildman–Crippen MR) is 72.4 cm³/mol. The lowest BCUT2D eigenvalue weighted by molar-refractivity contribution is -0.159. The van der Waals surface area contributed by atoms with Crippen molar-refractivity contribution in [3.05, 3.63) is 0 Å². The van der Waals surface area contributed by atoms with Gasteiger partial charge in [0.25, 0.3) is 5.91 Å². The molecule has 1 heterocycles. The first-order valence-electron chi connectivity index (χ1n) is 6.37. The Labute approximate surface area is 122 Å². The molecule has 1 saturated heterocycles. The molecule has 3 amide bonds. The Morgan fingerprint density at radius 1 is 1.29 bits per heavy atom. The zero-order chi connectivity index (χ0) is 16.2. The van der Waals surface area contributed by atoms with E-state index < -0.39 is 40.0 Å². The smallest absolute Gasteiger partial charge is 0.318 e. The quantitative estimate of drug-likeness (QED) is 0.623. The van der Waals surface area contributed by atoms with E-state index in [-0.39, 0.29) is 13.1 Å². The highest BCUT2D eigenvalue weighted by molar-refractivity contribution is 7.88. The SMILES string of the molecule is CC(OC(=O)C1CCN(S(C)(=O)=O)CC1)C(=O)NC(N)=O. The molecular weight excluding hydrogens is 302 g/mol. The largest absolute Gasteiger partial charge is 0.452 e. The summed E-state index contributed by atoms with van der Waals surface area (Å²) in [5.74, 6) is -1.86. The number of primary amides is 1. The maximum Gasteiger partial charge on any atom is 0.318 e. The number of piperidine rings is 1. The lowest BCUT2D eigenvalue weighted by Gasteiger charge is -2.29. The van der Waals surface area contributed by atoms with E-state index in [9.17, 15) is 22.8 Å². The van der Waals surface area contributed by atoms with E-state index in [1.54, 1.807) is 0 Å². The van der Waals surface area contributed by atoms with Crippen LogP contribution in [0.4, 0.5) is 4.79 Å². The van der Waals surface area contributed by atoms with Crippen LogP contribution >= 0.6 is 0 Å². The maximum absolute atomic E-state index is 11.9. The van der Waals surface area contributed by atoms with Crippen molar-refractivity contribution in [3.63, 3.8) is 0 Å². The maximum atomic E-state index is 11.9. The van der Waals surface area contributed by atoms with Crippen LogP contribution in [0.5, 0.6) is 0 Å². The molecule has 3 N–H and O–H groups in total. The number of nitrogens with zero attached hydrogens (tertiary/aromatic N) is 1. The van der Waals surface area contributed by atoms with Crippen LogP contribution in [0.1, 0.15) is 19.8 Å². The van der Waals surface area contributed by atoms with Gasteiger partial charge in [0, 0.05) is 13.1 Å². The third-order valence-corrected chi connectivity index (χ3v) is 4.47. The number of urea groups is 1. The van der Waals surface area contributed by atoms with Gasteiger partial charge >= 0.3 is 12.0 Å². The van der Waals surface area contributed by atoms with Gasteiger partial charge < -0.3 is 10.5 Å². The molecule has 120 valence electrons. The first-order chi connectivity index (χ1) is 9.61. The second-order valence-corrected chi connectivity index (χ2v) is 6.85. The molecule has 1 aliphatic rings. The number of carbonyl (C=O) groups is 3. The van der Waals surface area contributed by atoms with Crippen molar-refractivity contribution < 1.29 is 27.5 Å². The monoisotopic (exact) mass is 321 g/mol. The zero-order valence-electron chi connectivity index (χ0n) is 11.9. The number of rotatable bonds is 4. The van der Waals surface area contributed by atoms with Crippen molar-refractivity contribution in [1.82, 2.24) is 9.62 Å². The summed E-state index contributed by atoms with van der Waals surface area (Å²) in [6.07, 6.45) is 0.631. The molecule has 1 atom stereocenters. The molecule has 9 nitrogen and oxygen atoms in total. The summed E-state index contributed by atoms with van der Waals surface area (Å²) in [5, 5.41) is 1.81. The fourth-order valence-corrected chi connectivity index (χ4v) is 2.84. The number of nitrogens with two attached hydrogens (primary N) is 1. The summed E-state index contributed by atoms with van der Waals surface area (Å²) in [5.41, 5.74) is 4.79. The van der Waals surface area contributed by atoms with Crippen molar-refractivity contribution >= 4 is 27.9 Å². The van der Waals surface area contributed by atoms with Gasteiger partial charge in [-0.3, -0.25) is 14.9 Å². The van der Waals surface area contributed by atoms with Crippen LogP contribution < -0.4 is 11.1 Å². The number of amides is 3. The first kappa shape index (κ1) is 17.4. The summed E-state index contributed by atoms with van der Waals surface area (Å²) in [4.78, 5) is 33.8. The number of carbonyl (C=O) groups excluding carboxylic acids is 3. The Morgan fingerprint density at radius 2 is 1.81 bits per heavy atom. The third kappa shape index (κ3) is 5.31. The van der Waals surface area contributed by atoms with Crippen molar-refractivity contribution in [3.8, 4) is 0 Å². The molecule has 0 aromatic carbocycles. The topological polar surface area (TPSA) is 136 Å². The van der Waals surface area contributed by atoms with Crippen molar-refractivity contribution in [2.75, 3.05) is 19.3 Å². The Balaban J connectivity index is 2.47. The fraction of sp³-hybridized carbons (Fsp3) is 0.727. The molecule has 1 rings (SSSR count). The highest BCUT2D eigenvalue weighted by atomic mass is 32.2. The normalized spacial score (nSPS) is 18.8. The van der Waals surface area contributed by atoms with Crippen molar-refractivity contribution in [2.45, 2.75) is 25.9 Å². The highest BCUT2D eigenvalue weighted by Gasteiger charge is 2.31. The molecule has 0 aliphatic carbocycles. The van der Waals surface area contributed by atoms with Crippen LogP contribution in [0, 0.1) is 5.92 Å². The van der Waals surface area contributed by atoms with E-state index in [4.69, 9.17) is 10.5 Å². The molecule has 0 spiro atoms. The van der Waals surface area contributed by atoms with Crippen LogP contribution in [0.15, 0.2) is 0 Å². The Bertz CT molecular complexity index is 524. The van der Waals surface area contributed by atoms with E-state index in [2.05, 4.69) is 0 Å². The van der Waals surface area contributed by atoms with E-state index in [1.807, 2.05) is 5.32 Å². The van der Waals surface area contributed by atoms with E-state index in [1.165, 1.54) is 11.2 Å². The van der Waals surface area contributed by atoms with Gasteiger partial charge in [-0.15, -0.1) is 0 Å². The van der Waals surface area contributed by atoms with Crippen LogP contribution in [0.3, 0.4) is 0 Å². The second kappa shape index (κ2) is 6.85. The summed E-state index contributed by atoms with van der Waals surface area (Å²) in [6.45, 7) is 1.79. The average Bonchev–Trinajstić information content (AvgIpc) is 2.36. The molecule has 0 saturated carbocycles. The molecule has 0 radical (unpaired) electrons. The second-order valence-electron chi connectivity index (χ2n) is 4.87. The van der Waals surface area contributed by atoms with E-state index >= 15 is 0 Å². The molecule has 0 aromatic heterocycles. The molecule has 21 heavy (non-hydrogen) atoms. The Hall–Kier alpha value is -1.68. The summed E-state index contributed by atoms with van der Waals surface area (Å²) in [7, 11) is -3.26.